The number of non-ortho nitro benzene ring substituents is 1. The topological polar surface area (TPSA) is 144 Å². The molecular formula is C17H16N4O6. The molecule has 0 aliphatic carbocycles. The Balaban J connectivity index is 2.29. The highest BCUT2D eigenvalue weighted by Gasteiger charge is 2.24. The van der Waals surface area contributed by atoms with Gasteiger partial charge in [0.2, 0.25) is 0 Å². The van der Waals surface area contributed by atoms with Crippen molar-refractivity contribution in [2.75, 3.05) is 5.32 Å². The Morgan fingerprint density at radius 3 is 2.26 bits per heavy atom. The molecule has 10 nitrogen and oxygen atoms in total. The van der Waals surface area contributed by atoms with Gasteiger partial charge in [0.15, 0.2) is 0 Å². The fourth-order valence-corrected chi connectivity index (χ4v) is 2.26. The predicted octanol–water partition coefficient (Wildman–Crippen LogP) is 2.89. The normalized spacial score (nSPS) is 10.3. The highest BCUT2D eigenvalue weighted by atomic mass is 16.6. The highest BCUT2D eigenvalue weighted by Crippen LogP contribution is 2.25. The molecule has 2 aromatic rings. The smallest absolute Gasteiger partial charge is 0.289 e. The van der Waals surface area contributed by atoms with E-state index in [9.17, 15) is 29.8 Å². The predicted molar refractivity (Wildman–Crippen MR) is 96.7 cm³/mol. The van der Waals surface area contributed by atoms with Crippen LogP contribution in [0.4, 0.5) is 17.1 Å². The van der Waals surface area contributed by atoms with E-state index in [0.29, 0.717) is 5.56 Å². The van der Waals surface area contributed by atoms with E-state index in [2.05, 4.69) is 10.6 Å². The number of nitrogens with one attached hydrogen (secondary N) is 2. The summed E-state index contributed by atoms with van der Waals surface area (Å²) >= 11 is 0. The van der Waals surface area contributed by atoms with Gasteiger partial charge in [-0.2, -0.15) is 0 Å². The fourth-order valence-electron chi connectivity index (χ4n) is 2.26. The Bertz CT molecular complexity index is 925. The summed E-state index contributed by atoms with van der Waals surface area (Å²) in [6, 6.07) is 8.72. The van der Waals surface area contributed by atoms with Crippen LogP contribution in [0, 0.1) is 20.2 Å². The summed E-state index contributed by atoms with van der Waals surface area (Å²) in [6.45, 7) is 3.61. The third-order valence-corrected chi connectivity index (χ3v) is 3.44. The van der Waals surface area contributed by atoms with Gasteiger partial charge in [0.05, 0.1) is 15.9 Å². The summed E-state index contributed by atoms with van der Waals surface area (Å²) in [5.74, 6) is -1.15. The van der Waals surface area contributed by atoms with Gasteiger partial charge in [-0.1, -0.05) is 6.07 Å². The van der Waals surface area contributed by atoms with Crippen molar-refractivity contribution >= 4 is 28.9 Å². The zero-order valence-electron chi connectivity index (χ0n) is 14.5. The second kappa shape index (κ2) is 8.04. The van der Waals surface area contributed by atoms with Crippen molar-refractivity contribution in [3.63, 3.8) is 0 Å². The van der Waals surface area contributed by atoms with E-state index < -0.39 is 27.1 Å². The first-order chi connectivity index (χ1) is 12.7. The van der Waals surface area contributed by atoms with Gasteiger partial charge in [-0.05, 0) is 38.1 Å². The number of amides is 2. The summed E-state index contributed by atoms with van der Waals surface area (Å²) in [5, 5.41) is 27.1. The molecule has 0 heterocycles. The average Bonchev–Trinajstić information content (AvgIpc) is 2.60. The number of carbonyl (C=O) groups excluding carboxylic acids is 2. The highest BCUT2D eigenvalue weighted by molar-refractivity contribution is 6.07. The van der Waals surface area contributed by atoms with E-state index in [-0.39, 0.29) is 23.2 Å². The van der Waals surface area contributed by atoms with Gasteiger partial charge in [-0.25, -0.2) is 0 Å². The molecule has 0 bridgehead atoms. The molecule has 0 aromatic heterocycles. The van der Waals surface area contributed by atoms with Gasteiger partial charge in [0, 0.05) is 23.4 Å². The number of benzene rings is 2. The fraction of sp³-hybridized carbons (Fsp3) is 0.176. The maximum absolute atomic E-state index is 12.4. The molecular weight excluding hydrogens is 356 g/mol. The lowest BCUT2D eigenvalue weighted by molar-refractivity contribution is -0.394. The molecule has 0 atom stereocenters. The summed E-state index contributed by atoms with van der Waals surface area (Å²) < 4.78 is 0. The molecule has 10 heteroatoms. The Hall–Kier alpha value is -3.82. The summed E-state index contributed by atoms with van der Waals surface area (Å²) in [7, 11) is 0. The first-order valence-electron chi connectivity index (χ1n) is 7.84. The molecule has 0 saturated heterocycles. The van der Waals surface area contributed by atoms with E-state index in [0.717, 1.165) is 18.2 Å². The molecule has 2 aromatic carbocycles. The Morgan fingerprint density at radius 1 is 0.963 bits per heavy atom. The second-order valence-electron chi connectivity index (χ2n) is 5.88. The van der Waals surface area contributed by atoms with E-state index in [1.165, 1.54) is 12.1 Å². The van der Waals surface area contributed by atoms with Gasteiger partial charge >= 0.3 is 0 Å². The second-order valence-corrected chi connectivity index (χ2v) is 5.88. The summed E-state index contributed by atoms with van der Waals surface area (Å²) in [4.78, 5) is 44.7. The molecule has 27 heavy (non-hydrogen) atoms. The first kappa shape index (κ1) is 19.5. The SMILES string of the molecule is CC(C)NC(=O)c1cccc(NC(=O)c2ccc([N+](=O)[O-])cc2[N+](=O)[O-])c1. The van der Waals surface area contributed by atoms with Crippen molar-refractivity contribution < 1.29 is 19.4 Å². The van der Waals surface area contributed by atoms with E-state index in [1.54, 1.807) is 26.0 Å². The van der Waals surface area contributed by atoms with Crippen LogP contribution < -0.4 is 10.6 Å². The largest absolute Gasteiger partial charge is 0.350 e. The van der Waals surface area contributed by atoms with Crippen molar-refractivity contribution in [1.82, 2.24) is 5.32 Å². The van der Waals surface area contributed by atoms with Crippen molar-refractivity contribution in [3.05, 3.63) is 73.8 Å². The molecule has 0 saturated carbocycles. The number of nitrogens with zero attached hydrogens (tertiary/aromatic N) is 2. The van der Waals surface area contributed by atoms with Crippen LogP contribution in [0.15, 0.2) is 42.5 Å². The number of hydrogen-bond donors (Lipinski definition) is 2. The van der Waals surface area contributed by atoms with Crippen LogP contribution in [0.5, 0.6) is 0 Å². The average molecular weight is 372 g/mol. The molecule has 0 aliphatic rings. The minimum absolute atomic E-state index is 0.0708. The van der Waals surface area contributed by atoms with Gasteiger partial charge in [-0.15, -0.1) is 0 Å². The minimum atomic E-state index is -0.867. The Kier molecular flexibility index (Phi) is 5.81. The number of nitro groups is 2. The Morgan fingerprint density at radius 2 is 1.67 bits per heavy atom. The molecule has 0 fully saturated rings. The monoisotopic (exact) mass is 372 g/mol. The van der Waals surface area contributed by atoms with Gasteiger partial charge in [0.1, 0.15) is 5.56 Å². The van der Waals surface area contributed by atoms with E-state index >= 15 is 0 Å². The lowest BCUT2D eigenvalue weighted by Gasteiger charge is -2.10. The Labute approximate surface area is 153 Å². The van der Waals surface area contributed by atoms with Crippen LogP contribution in [-0.4, -0.2) is 27.7 Å². The minimum Gasteiger partial charge on any atom is -0.350 e. The maximum atomic E-state index is 12.4. The van der Waals surface area contributed by atoms with Gasteiger partial charge < -0.3 is 10.6 Å². The summed E-state index contributed by atoms with van der Waals surface area (Å²) in [5.41, 5.74) is -0.951. The zero-order valence-corrected chi connectivity index (χ0v) is 14.5. The molecule has 140 valence electrons. The third kappa shape index (κ3) is 4.84. The molecule has 2 N–H and O–H groups in total. The third-order valence-electron chi connectivity index (χ3n) is 3.44. The number of nitro benzene ring substituents is 2. The maximum Gasteiger partial charge on any atom is 0.289 e. The molecule has 0 unspecified atom stereocenters. The molecule has 2 amide bonds. The number of carbonyl (C=O) groups is 2. The van der Waals surface area contributed by atoms with E-state index in [4.69, 9.17) is 0 Å². The van der Waals surface area contributed by atoms with Crippen LogP contribution >= 0.6 is 0 Å². The lowest BCUT2D eigenvalue weighted by Crippen LogP contribution is -2.30. The summed E-state index contributed by atoms with van der Waals surface area (Å²) in [6.07, 6.45) is 0. The van der Waals surface area contributed by atoms with Crippen molar-refractivity contribution in [3.8, 4) is 0 Å². The van der Waals surface area contributed by atoms with Crippen molar-refractivity contribution in [1.29, 1.82) is 0 Å². The van der Waals surface area contributed by atoms with Crippen LogP contribution in [0.1, 0.15) is 34.6 Å². The molecule has 0 aliphatic heterocycles. The molecule has 0 spiro atoms. The number of hydrogen-bond acceptors (Lipinski definition) is 6. The van der Waals surface area contributed by atoms with Crippen LogP contribution in [-0.2, 0) is 0 Å². The van der Waals surface area contributed by atoms with Gasteiger partial charge in [0.25, 0.3) is 23.2 Å². The van der Waals surface area contributed by atoms with Crippen LogP contribution in [0.25, 0.3) is 0 Å². The van der Waals surface area contributed by atoms with Crippen molar-refractivity contribution in [2.45, 2.75) is 19.9 Å². The van der Waals surface area contributed by atoms with Gasteiger partial charge in [-0.3, -0.25) is 29.8 Å². The number of anilines is 1. The molecule has 2 rings (SSSR count). The standard InChI is InChI=1S/C17H16N4O6/c1-10(2)18-16(22)11-4-3-5-12(8-11)19-17(23)14-7-6-13(20(24)25)9-15(14)21(26)27/h3-10H,1-2H3,(H,18,22)(H,19,23). The quantitative estimate of drug-likeness (QED) is 0.589. The lowest BCUT2D eigenvalue weighted by atomic mass is 10.1. The first-order valence-corrected chi connectivity index (χ1v) is 7.84. The molecule has 0 radical (unpaired) electrons. The van der Waals surface area contributed by atoms with Crippen LogP contribution in [0.3, 0.4) is 0 Å². The van der Waals surface area contributed by atoms with E-state index in [1.807, 2.05) is 0 Å². The van der Waals surface area contributed by atoms with Crippen molar-refractivity contribution in [2.24, 2.45) is 0 Å². The van der Waals surface area contributed by atoms with Crippen LogP contribution in [0.2, 0.25) is 0 Å². The zero-order chi connectivity index (χ0) is 20.1. The number of rotatable bonds is 6.